The molecule has 2 N–H and O–H groups in total. The molecule has 188 valence electrons. The number of rotatable bonds is 9. The van der Waals surface area contributed by atoms with Crippen LogP contribution in [0.1, 0.15) is 36.0 Å². The van der Waals surface area contributed by atoms with E-state index in [1.807, 2.05) is 72.8 Å². The van der Waals surface area contributed by atoms with Gasteiger partial charge in [0, 0.05) is 23.6 Å². The number of benzene rings is 3. The van der Waals surface area contributed by atoms with Crippen molar-refractivity contribution in [1.29, 1.82) is 0 Å². The normalized spacial score (nSPS) is 23.4. The Bertz CT molecular complexity index is 1320. The zero-order chi connectivity index (χ0) is 25.8. The van der Waals surface area contributed by atoms with Crippen molar-refractivity contribution in [2.24, 2.45) is 10.9 Å². The number of carbonyl (C=O) groups is 2. The lowest BCUT2D eigenvalue weighted by atomic mass is 9.99. The maximum absolute atomic E-state index is 13.5. The summed E-state index contributed by atoms with van der Waals surface area (Å²) in [6.45, 7) is 5.39. The van der Waals surface area contributed by atoms with Crippen LogP contribution in [-0.4, -0.2) is 45.7 Å². The summed E-state index contributed by atoms with van der Waals surface area (Å²) < 4.78 is 0. The van der Waals surface area contributed by atoms with Gasteiger partial charge in [-0.15, -0.1) is 6.58 Å². The van der Waals surface area contributed by atoms with Crippen molar-refractivity contribution in [3.63, 3.8) is 0 Å². The average molecular weight is 494 g/mol. The first-order chi connectivity index (χ1) is 18.0. The van der Waals surface area contributed by atoms with Gasteiger partial charge in [0.05, 0.1) is 17.4 Å². The van der Waals surface area contributed by atoms with Crippen molar-refractivity contribution >= 4 is 23.3 Å². The van der Waals surface area contributed by atoms with Crippen molar-refractivity contribution in [2.45, 2.75) is 37.4 Å². The number of likely N-dealkylation sites (tertiary alicyclic amines) is 1. The molecule has 0 aromatic heterocycles. The summed E-state index contributed by atoms with van der Waals surface area (Å²) in [6.07, 6.45) is 3.83. The van der Waals surface area contributed by atoms with Gasteiger partial charge in [0.1, 0.15) is 0 Å². The molecule has 2 aliphatic rings. The topological polar surface area (TPSA) is 82.0 Å². The highest BCUT2D eigenvalue weighted by Crippen LogP contribution is 2.49. The molecule has 3 aromatic rings. The van der Waals surface area contributed by atoms with E-state index in [-0.39, 0.29) is 17.9 Å². The molecule has 5 rings (SSSR count). The zero-order valence-electron chi connectivity index (χ0n) is 20.7. The molecular weight excluding hydrogens is 462 g/mol. The van der Waals surface area contributed by atoms with Crippen LogP contribution >= 0.6 is 0 Å². The van der Waals surface area contributed by atoms with Crippen LogP contribution in [0.2, 0.25) is 0 Å². The van der Waals surface area contributed by atoms with E-state index in [9.17, 15) is 14.7 Å². The number of aliphatic carboxylic acids is 1. The summed E-state index contributed by atoms with van der Waals surface area (Å²) in [5.41, 5.74) is 2.62. The van der Waals surface area contributed by atoms with Gasteiger partial charge in [0.25, 0.3) is 0 Å². The van der Waals surface area contributed by atoms with E-state index in [1.54, 1.807) is 6.08 Å². The Morgan fingerprint density at radius 3 is 2.38 bits per heavy atom. The van der Waals surface area contributed by atoms with Crippen molar-refractivity contribution < 1.29 is 14.7 Å². The predicted octanol–water partition coefficient (Wildman–Crippen LogP) is 5.16. The van der Waals surface area contributed by atoms with Crippen LogP contribution in [0.4, 0.5) is 5.69 Å². The number of amides is 1. The second-order valence-electron chi connectivity index (χ2n) is 9.75. The molecule has 0 unspecified atom stereocenters. The molecule has 1 aliphatic carbocycles. The number of aliphatic imine (C=N–C) groups is 1. The van der Waals surface area contributed by atoms with E-state index in [4.69, 9.17) is 4.99 Å². The third-order valence-corrected chi connectivity index (χ3v) is 7.33. The maximum Gasteiger partial charge on any atom is 0.332 e. The van der Waals surface area contributed by atoms with Gasteiger partial charge in [-0.1, -0.05) is 84.9 Å². The Morgan fingerprint density at radius 2 is 1.70 bits per heavy atom. The lowest BCUT2D eigenvalue weighted by Gasteiger charge is -2.24. The highest BCUT2D eigenvalue weighted by molar-refractivity contribution is 6.18. The van der Waals surface area contributed by atoms with Crippen LogP contribution in [0.3, 0.4) is 0 Å². The SMILES string of the molecule is C=C[C@@H]1C[C@]1(N=C(c1ccccc1)c1ccccc1NC(=O)[C@@H]1CCCN1Cc1ccccc1)C(=O)O. The highest BCUT2D eigenvalue weighted by Gasteiger charge is 2.60. The molecule has 1 amide bonds. The fourth-order valence-electron chi connectivity index (χ4n) is 5.20. The zero-order valence-corrected chi connectivity index (χ0v) is 20.7. The Kier molecular flexibility index (Phi) is 7.01. The monoisotopic (exact) mass is 493 g/mol. The number of anilines is 1. The molecule has 2 fully saturated rings. The van der Waals surface area contributed by atoms with Gasteiger partial charge in [-0.2, -0.15) is 0 Å². The standard InChI is InChI=1S/C31H31N3O3/c1-2-24-20-31(24,30(36)37)33-28(23-14-7-4-8-15-23)25-16-9-10-17-26(25)32-29(35)27-18-11-19-34(27)21-22-12-5-3-6-13-22/h2-10,12-17,24,27H,1,11,18-21H2,(H,32,35)(H,36,37)/t24-,27+,31-/m1/s1. The molecule has 1 saturated carbocycles. The second-order valence-corrected chi connectivity index (χ2v) is 9.75. The molecule has 0 spiro atoms. The number of hydrogen-bond donors (Lipinski definition) is 2. The van der Waals surface area contributed by atoms with Gasteiger partial charge in [-0.25, -0.2) is 4.79 Å². The number of nitrogens with one attached hydrogen (secondary N) is 1. The average Bonchev–Trinajstić information content (AvgIpc) is 3.47. The van der Waals surface area contributed by atoms with E-state index in [0.717, 1.165) is 31.5 Å². The van der Waals surface area contributed by atoms with Crippen molar-refractivity contribution in [2.75, 3.05) is 11.9 Å². The summed E-state index contributed by atoms with van der Waals surface area (Å²) in [7, 11) is 0. The molecule has 6 heteroatoms. The Morgan fingerprint density at radius 1 is 1.03 bits per heavy atom. The molecule has 1 aliphatic heterocycles. The fourth-order valence-corrected chi connectivity index (χ4v) is 5.20. The lowest BCUT2D eigenvalue weighted by molar-refractivity contribution is -0.139. The Balaban J connectivity index is 1.46. The largest absolute Gasteiger partial charge is 0.479 e. The number of para-hydroxylation sites is 1. The number of carboxylic acid groups (broad SMARTS) is 1. The quantitative estimate of drug-likeness (QED) is 0.319. The molecule has 3 aromatic carbocycles. The number of nitrogens with zero attached hydrogens (tertiary/aromatic N) is 2. The minimum absolute atomic E-state index is 0.0587. The van der Waals surface area contributed by atoms with Crippen molar-refractivity contribution in [3.8, 4) is 0 Å². The second kappa shape index (κ2) is 10.5. The Hall–Kier alpha value is -4.03. The van der Waals surface area contributed by atoms with Crippen LogP contribution in [0, 0.1) is 5.92 Å². The molecule has 0 bridgehead atoms. The Labute approximate surface area is 217 Å². The summed E-state index contributed by atoms with van der Waals surface area (Å²) in [5.74, 6) is -1.25. The summed E-state index contributed by atoms with van der Waals surface area (Å²) >= 11 is 0. The van der Waals surface area contributed by atoms with E-state index in [2.05, 4.69) is 28.9 Å². The number of carboxylic acids is 1. The summed E-state index contributed by atoms with van der Waals surface area (Å²) in [6, 6.07) is 27.0. The fraction of sp³-hybridized carbons (Fsp3) is 0.258. The maximum atomic E-state index is 13.5. The molecular formula is C31H31N3O3. The van der Waals surface area contributed by atoms with Crippen molar-refractivity contribution in [1.82, 2.24) is 4.90 Å². The van der Waals surface area contributed by atoms with Gasteiger partial charge in [-0.3, -0.25) is 14.7 Å². The molecule has 1 saturated heterocycles. The van der Waals surface area contributed by atoms with Crippen LogP contribution in [0.5, 0.6) is 0 Å². The first-order valence-electron chi connectivity index (χ1n) is 12.7. The van der Waals surface area contributed by atoms with E-state index in [1.165, 1.54) is 5.56 Å². The van der Waals surface area contributed by atoms with Gasteiger partial charge < -0.3 is 10.4 Å². The van der Waals surface area contributed by atoms with Crippen LogP contribution in [0.15, 0.2) is 103 Å². The molecule has 0 radical (unpaired) electrons. The van der Waals surface area contributed by atoms with Crippen LogP contribution in [0.25, 0.3) is 0 Å². The van der Waals surface area contributed by atoms with Gasteiger partial charge in [-0.05, 0) is 37.4 Å². The van der Waals surface area contributed by atoms with Gasteiger partial charge in [0.15, 0.2) is 5.54 Å². The molecule has 37 heavy (non-hydrogen) atoms. The molecule has 1 heterocycles. The van der Waals surface area contributed by atoms with Crippen molar-refractivity contribution in [3.05, 3.63) is 114 Å². The predicted molar refractivity (Wildman–Crippen MR) is 146 cm³/mol. The van der Waals surface area contributed by atoms with E-state index >= 15 is 0 Å². The summed E-state index contributed by atoms with van der Waals surface area (Å²) in [4.78, 5) is 32.8. The summed E-state index contributed by atoms with van der Waals surface area (Å²) in [5, 5.41) is 13.2. The first-order valence-corrected chi connectivity index (χ1v) is 12.7. The van der Waals surface area contributed by atoms with E-state index in [0.29, 0.717) is 23.4 Å². The minimum Gasteiger partial charge on any atom is -0.479 e. The number of carbonyl (C=O) groups excluding carboxylic acids is 1. The smallest absolute Gasteiger partial charge is 0.332 e. The van der Waals surface area contributed by atoms with Gasteiger partial charge >= 0.3 is 5.97 Å². The highest BCUT2D eigenvalue weighted by atomic mass is 16.4. The molecule has 3 atom stereocenters. The lowest BCUT2D eigenvalue weighted by Crippen LogP contribution is -2.39. The van der Waals surface area contributed by atoms with Crippen LogP contribution < -0.4 is 5.32 Å². The van der Waals surface area contributed by atoms with E-state index < -0.39 is 11.5 Å². The van der Waals surface area contributed by atoms with Crippen LogP contribution in [-0.2, 0) is 16.1 Å². The molecule has 6 nitrogen and oxygen atoms in total. The third-order valence-electron chi connectivity index (χ3n) is 7.33. The third kappa shape index (κ3) is 5.11. The number of hydrogen-bond acceptors (Lipinski definition) is 4. The minimum atomic E-state index is -1.23. The first kappa shape index (κ1) is 24.7. The van der Waals surface area contributed by atoms with Gasteiger partial charge in [0.2, 0.25) is 5.91 Å².